The third-order valence-corrected chi connectivity index (χ3v) is 4.58. The number of hydrogen-bond donors (Lipinski definition) is 1. The van der Waals surface area contributed by atoms with Crippen molar-refractivity contribution in [1.29, 1.82) is 0 Å². The molecule has 0 aromatic heterocycles. The van der Waals surface area contributed by atoms with Crippen LogP contribution in [-0.4, -0.2) is 11.9 Å². The quantitative estimate of drug-likeness (QED) is 0.852. The van der Waals surface area contributed by atoms with Crippen LogP contribution in [0.15, 0.2) is 48.5 Å². The fraction of sp³-hybridized carbons (Fsp3) is 0.222. The average molecular weight is 365 g/mol. The van der Waals surface area contributed by atoms with Crippen LogP contribution >= 0.6 is 23.2 Å². The van der Waals surface area contributed by atoms with Gasteiger partial charge in [-0.25, -0.2) is 0 Å². The number of hydrogen-bond acceptors (Lipinski definition) is 3. The molecule has 0 saturated carbocycles. The smallest absolute Gasteiger partial charge is 0.228 e. The molecule has 0 aliphatic heterocycles. The Kier molecular flexibility index (Phi) is 6.23. The first kappa shape index (κ1) is 18.3. The number of rotatable bonds is 6. The number of carbonyl (C=O) groups is 2. The molecule has 2 atom stereocenters. The molecule has 0 aliphatic rings. The van der Waals surface area contributed by atoms with Gasteiger partial charge in [-0.05, 0) is 36.1 Å². The number of nitrogens with one attached hydrogen (secondary N) is 1. The van der Waals surface area contributed by atoms with Crippen LogP contribution in [0, 0.1) is 5.92 Å². The Hall–Kier alpha value is -2.04. The molecule has 0 radical (unpaired) electrons. The van der Waals surface area contributed by atoms with Gasteiger partial charge in [0.2, 0.25) is 5.91 Å². The molecule has 0 unspecified atom stereocenters. The van der Waals surface area contributed by atoms with E-state index in [1.807, 2.05) is 37.3 Å². The molecule has 24 heavy (non-hydrogen) atoms. The molecule has 0 heterocycles. The summed E-state index contributed by atoms with van der Waals surface area (Å²) in [5, 5.41) is 14.4. The fourth-order valence-electron chi connectivity index (χ4n) is 2.47. The summed E-state index contributed by atoms with van der Waals surface area (Å²) in [6, 6.07) is 14.0. The highest BCUT2D eigenvalue weighted by molar-refractivity contribution is 6.42. The maximum atomic E-state index is 12.6. The summed E-state index contributed by atoms with van der Waals surface area (Å²) in [4.78, 5) is 23.7. The topological polar surface area (TPSA) is 69.2 Å². The first-order valence-corrected chi connectivity index (χ1v) is 8.14. The minimum atomic E-state index is -1.27. The van der Waals surface area contributed by atoms with Crippen molar-refractivity contribution in [2.75, 3.05) is 5.32 Å². The SMILES string of the molecule is C[C@@H](c1ccccc1)[C@@H](CC(=O)[O-])C(=O)Nc1ccc(Cl)c(Cl)c1. The predicted octanol–water partition coefficient (Wildman–Crippen LogP) is 3.49. The van der Waals surface area contributed by atoms with Gasteiger partial charge in [0, 0.05) is 11.7 Å². The van der Waals surface area contributed by atoms with E-state index >= 15 is 0 Å². The zero-order valence-corrected chi connectivity index (χ0v) is 14.5. The largest absolute Gasteiger partial charge is 0.550 e. The second kappa shape index (κ2) is 8.18. The normalized spacial score (nSPS) is 13.1. The molecular weight excluding hydrogens is 349 g/mol. The Labute approximate surface area is 150 Å². The fourth-order valence-corrected chi connectivity index (χ4v) is 2.77. The zero-order chi connectivity index (χ0) is 17.7. The van der Waals surface area contributed by atoms with Crippen LogP contribution in [0.4, 0.5) is 5.69 Å². The molecule has 1 amide bonds. The minimum absolute atomic E-state index is 0.285. The number of anilines is 1. The lowest BCUT2D eigenvalue weighted by Gasteiger charge is -2.24. The van der Waals surface area contributed by atoms with Gasteiger partial charge in [-0.2, -0.15) is 0 Å². The van der Waals surface area contributed by atoms with E-state index in [9.17, 15) is 14.7 Å². The van der Waals surface area contributed by atoms with Crippen molar-refractivity contribution in [2.24, 2.45) is 5.92 Å². The van der Waals surface area contributed by atoms with E-state index in [1.54, 1.807) is 12.1 Å². The van der Waals surface area contributed by atoms with Crippen molar-refractivity contribution in [3.63, 3.8) is 0 Å². The van der Waals surface area contributed by atoms with E-state index < -0.39 is 17.8 Å². The van der Waals surface area contributed by atoms with Crippen molar-refractivity contribution in [2.45, 2.75) is 19.3 Å². The molecule has 2 aromatic rings. The van der Waals surface area contributed by atoms with Gasteiger partial charge in [-0.1, -0.05) is 60.5 Å². The monoisotopic (exact) mass is 364 g/mol. The second-order valence-electron chi connectivity index (χ2n) is 5.50. The van der Waals surface area contributed by atoms with Gasteiger partial charge >= 0.3 is 0 Å². The molecule has 0 aliphatic carbocycles. The van der Waals surface area contributed by atoms with E-state index in [0.717, 1.165) is 5.56 Å². The standard InChI is InChI=1S/C18H17Cl2NO3/c1-11(12-5-3-2-4-6-12)14(10-17(22)23)18(24)21-13-7-8-15(19)16(20)9-13/h2-9,11,14H,10H2,1H3,(H,21,24)(H,22,23)/p-1/t11-,14+/m0/s1. The zero-order valence-electron chi connectivity index (χ0n) is 13.0. The Morgan fingerprint density at radius 1 is 1.08 bits per heavy atom. The summed E-state index contributed by atoms with van der Waals surface area (Å²) < 4.78 is 0. The molecule has 126 valence electrons. The van der Waals surface area contributed by atoms with E-state index in [0.29, 0.717) is 15.7 Å². The molecule has 6 heteroatoms. The molecule has 1 N–H and O–H groups in total. The van der Waals surface area contributed by atoms with Crippen LogP contribution in [0.2, 0.25) is 10.0 Å². The third kappa shape index (κ3) is 4.73. The average Bonchev–Trinajstić information content (AvgIpc) is 2.56. The highest BCUT2D eigenvalue weighted by Gasteiger charge is 2.26. The number of benzene rings is 2. The van der Waals surface area contributed by atoms with E-state index in [4.69, 9.17) is 23.2 Å². The lowest BCUT2D eigenvalue weighted by molar-refractivity contribution is -0.306. The highest BCUT2D eigenvalue weighted by Crippen LogP contribution is 2.29. The molecule has 0 fully saturated rings. The Morgan fingerprint density at radius 3 is 2.33 bits per heavy atom. The van der Waals surface area contributed by atoms with E-state index in [1.165, 1.54) is 6.07 Å². The molecule has 0 saturated heterocycles. The second-order valence-corrected chi connectivity index (χ2v) is 6.31. The van der Waals surface area contributed by atoms with Gasteiger partial charge in [0.15, 0.2) is 0 Å². The summed E-state index contributed by atoms with van der Waals surface area (Å²) >= 11 is 11.8. The first-order valence-electron chi connectivity index (χ1n) is 7.39. The molecular formula is C18H16Cl2NO3-. The van der Waals surface area contributed by atoms with Gasteiger partial charge in [-0.3, -0.25) is 4.79 Å². The minimum Gasteiger partial charge on any atom is -0.550 e. The first-order chi connectivity index (χ1) is 11.4. The number of halogens is 2. The number of carbonyl (C=O) groups excluding carboxylic acids is 2. The van der Waals surface area contributed by atoms with Crippen LogP contribution in [0.5, 0.6) is 0 Å². The molecule has 4 nitrogen and oxygen atoms in total. The summed E-state index contributed by atoms with van der Waals surface area (Å²) in [6.07, 6.45) is -0.372. The number of carboxylic acids is 1. The van der Waals surface area contributed by atoms with Crippen molar-refractivity contribution in [3.05, 3.63) is 64.1 Å². The third-order valence-electron chi connectivity index (χ3n) is 3.84. The summed E-state index contributed by atoms with van der Waals surface area (Å²) in [7, 11) is 0. The number of carboxylic acid groups (broad SMARTS) is 1. The van der Waals surface area contributed by atoms with Gasteiger partial charge in [0.05, 0.1) is 16.0 Å². The van der Waals surface area contributed by atoms with Gasteiger partial charge < -0.3 is 15.2 Å². The Bertz CT molecular complexity index is 734. The summed E-state index contributed by atoms with van der Waals surface area (Å²) in [5.41, 5.74) is 1.34. The Balaban J connectivity index is 2.21. The summed E-state index contributed by atoms with van der Waals surface area (Å²) in [5.74, 6) is -2.74. The number of amides is 1. The molecule has 0 spiro atoms. The van der Waals surface area contributed by atoms with Gasteiger partial charge in [0.1, 0.15) is 0 Å². The van der Waals surface area contributed by atoms with Crippen molar-refractivity contribution >= 4 is 40.8 Å². The van der Waals surface area contributed by atoms with Crippen LogP contribution in [0.3, 0.4) is 0 Å². The maximum Gasteiger partial charge on any atom is 0.228 e. The van der Waals surface area contributed by atoms with Crippen molar-refractivity contribution < 1.29 is 14.7 Å². The maximum absolute atomic E-state index is 12.6. The van der Waals surface area contributed by atoms with E-state index in [2.05, 4.69) is 5.32 Å². The Morgan fingerprint density at radius 2 is 1.75 bits per heavy atom. The number of aliphatic carboxylic acids is 1. The van der Waals surface area contributed by atoms with Gasteiger partial charge in [-0.15, -0.1) is 0 Å². The molecule has 2 aromatic carbocycles. The molecule has 0 bridgehead atoms. The van der Waals surface area contributed by atoms with Crippen LogP contribution in [-0.2, 0) is 9.59 Å². The van der Waals surface area contributed by atoms with Crippen molar-refractivity contribution in [3.8, 4) is 0 Å². The lowest BCUT2D eigenvalue weighted by atomic mass is 9.84. The van der Waals surface area contributed by atoms with Crippen LogP contribution in [0.25, 0.3) is 0 Å². The van der Waals surface area contributed by atoms with Crippen molar-refractivity contribution in [1.82, 2.24) is 0 Å². The molecule has 2 rings (SSSR count). The lowest BCUT2D eigenvalue weighted by Crippen LogP contribution is -2.34. The predicted molar refractivity (Wildman–Crippen MR) is 93.1 cm³/mol. The van der Waals surface area contributed by atoms with E-state index in [-0.39, 0.29) is 12.3 Å². The van der Waals surface area contributed by atoms with Crippen LogP contribution < -0.4 is 10.4 Å². The van der Waals surface area contributed by atoms with Gasteiger partial charge in [0.25, 0.3) is 0 Å². The van der Waals surface area contributed by atoms with Crippen LogP contribution in [0.1, 0.15) is 24.8 Å². The highest BCUT2D eigenvalue weighted by atomic mass is 35.5. The summed E-state index contributed by atoms with van der Waals surface area (Å²) in [6.45, 7) is 1.82.